The maximum atomic E-state index is 10.9. The molecule has 1 saturated heterocycles. The summed E-state index contributed by atoms with van der Waals surface area (Å²) in [5.74, 6) is -2.15. The summed E-state index contributed by atoms with van der Waals surface area (Å²) in [5, 5.41) is 38.5. The average molecular weight is 564 g/mol. The van der Waals surface area contributed by atoms with Gasteiger partial charge in [0.1, 0.15) is 23.8 Å². The minimum Gasteiger partial charge on any atom is -1.00 e. The molecule has 0 bridgehead atoms. The Bertz CT molecular complexity index is 1310. The van der Waals surface area contributed by atoms with Crippen LogP contribution in [-0.2, 0) is 25.0 Å². The zero-order chi connectivity index (χ0) is 27.3. The van der Waals surface area contributed by atoms with Gasteiger partial charge in [-0.05, 0) is 17.7 Å². The molecule has 1 aliphatic rings. The molecule has 1 aliphatic heterocycles. The number of phosphoric acid groups is 1. The number of benzene rings is 1. The van der Waals surface area contributed by atoms with Crippen molar-refractivity contribution in [3.8, 4) is 0 Å². The van der Waals surface area contributed by atoms with E-state index in [4.69, 9.17) is 30.5 Å². The van der Waals surface area contributed by atoms with Crippen LogP contribution in [0, 0.1) is 0 Å². The molecule has 0 saturated carbocycles. The van der Waals surface area contributed by atoms with E-state index in [1.165, 1.54) is 29.1 Å². The standard InChI is InChI=1S/C11H12N2O2.C11H14NO9P.Na.H/c12-9(11(14)15)5-7-6-13-10-4-2-1-3-8(7)10;13-8-7(5-20-22(17,18)19)21-10(9(8)14)12-3-1-2-6(4-12)11(15)16;;/h1-4,6,9,13H,5,12H2,(H,14,15);1-4,7-10,13-14H,5H2,(H2-,15,16,17,18,19);;/q;;+1;-1/p+1/t;7-,8-,9-,10-;;/m.1../s1. The van der Waals surface area contributed by atoms with E-state index in [1.807, 2.05) is 30.5 Å². The van der Waals surface area contributed by atoms with Gasteiger partial charge in [0.05, 0.1) is 6.61 Å². The van der Waals surface area contributed by atoms with Crippen LogP contribution in [-0.4, -0.2) is 78.1 Å². The third kappa shape index (κ3) is 8.40. The van der Waals surface area contributed by atoms with Crippen LogP contribution in [0.15, 0.2) is 55.0 Å². The smallest absolute Gasteiger partial charge is 1.00 e. The third-order valence-corrected chi connectivity index (χ3v) is 6.02. The molecule has 9 N–H and O–H groups in total. The predicted octanol–water partition coefficient (Wildman–Crippen LogP) is -3.36. The Kier molecular flexibility index (Phi) is 11.6. The molecule has 1 aromatic carbocycles. The summed E-state index contributed by atoms with van der Waals surface area (Å²) in [6, 6.07) is 9.67. The number of aromatic amines is 1. The van der Waals surface area contributed by atoms with Crippen molar-refractivity contribution in [1.29, 1.82) is 0 Å². The van der Waals surface area contributed by atoms with Gasteiger partial charge in [-0.2, -0.15) is 4.57 Å². The number of carboxylic acid groups (broad SMARTS) is 2. The number of H-pyrrole nitrogens is 1. The molecule has 38 heavy (non-hydrogen) atoms. The van der Waals surface area contributed by atoms with E-state index in [2.05, 4.69) is 9.51 Å². The maximum Gasteiger partial charge on any atom is 1.00 e. The predicted molar refractivity (Wildman–Crippen MR) is 126 cm³/mol. The van der Waals surface area contributed by atoms with Gasteiger partial charge in [0.25, 0.3) is 6.23 Å². The number of aliphatic hydroxyl groups excluding tert-OH is 2. The third-order valence-electron chi connectivity index (χ3n) is 5.54. The molecule has 4 rings (SSSR count). The minimum atomic E-state index is -4.73. The number of para-hydroxylation sites is 1. The Hall–Kier alpha value is -2.20. The number of aliphatic hydroxyl groups is 2. The summed E-state index contributed by atoms with van der Waals surface area (Å²) in [4.78, 5) is 41.9. The summed E-state index contributed by atoms with van der Waals surface area (Å²) in [5.41, 5.74) is 7.38. The summed E-state index contributed by atoms with van der Waals surface area (Å²) in [6.45, 7) is -0.627. The molecule has 0 amide bonds. The molecule has 2 aromatic heterocycles. The molecule has 0 aliphatic carbocycles. The van der Waals surface area contributed by atoms with Crippen LogP contribution in [0.25, 0.3) is 10.9 Å². The number of carboxylic acids is 2. The van der Waals surface area contributed by atoms with Crippen LogP contribution in [0.3, 0.4) is 0 Å². The van der Waals surface area contributed by atoms with E-state index >= 15 is 0 Å². The second-order valence-corrected chi connectivity index (χ2v) is 9.43. The molecule has 5 atom stereocenters. The number of hydrogen-bond acceptors (Lipinski definition) is 8. The van der Waals surface area contributed by atoms with Gasteiger partial charge in [-0.15, -0.1) is 0 Å². The number of pyridine rings is 1. The Labute approximate surface area is 239 Å². The van der Waals surface area contributed by atoms with Crippen LogP contribution in [0.5, 0.6) is 0 Å². The number of nitrogens with two attached hydrogens (primary N) is 1. The summed E-state index contributed by atoms with van der Waals surface area (Å²) in [7, 11) is -4.73. The summed E-state index contributed by atoms with van der Waals surface area (Å²) in [6.07, 6.45) is -0.355. The van der Waals surface area contributed by atoms with E-state index in [0.29, 0.717) is 6.42 Å². The van der Waals surface area contributed by atoms with Gasteiger partial charge in [0.2, 0.25) is 0 Å². The first-order chi connectivity index (χ1) is 17.4. The summed E-state index contributed by atoms with van der Waals surface area (Å²) < 4.78 is 21.4. The second kappa shape index (κ2) is 13.7. The number of ether oxygens (including phenoxy) is 1. The second-order valence-electron chi connectivity index (χ2n) is 8.19. The average Bonchev–Trinajstić information content (AvgIpc) is 3.38. The number of fused-ring (bicyclic) bond motifs is 1. The number of aromatic nitrogens is 2. The molecule has 0 spiro atoms. The van der Waals surface area contributed by atoms with Crippen molar-refractivity contribution in [2.45, 2.75) is 37.0 Å². The first kappa shape index (κ1) is 32.0. The fourth-order valence-corrected chi connectivity index (χ4v) is 4.03. The van der Waals surface area contributed by atoms with E-state index in [0.717, 1.165) is 16.5 Å². The molecule has 202 valence electrons. The quantitative estimate of drug-likeness (QED) is 0.0761. The van der Waals surface area contributed by atoms with Gasteiger partial charge in [0, 0.05) is 29.6 Å². The van der Waals surface area contributed by atoms with Gasteiger partial charge in [-0.25, -0.2) is 9.36 Å². The molecule has 16 heteroatoms. The van der Waals surface area contributed by atoms with Crippen molar-refractivity contribution >= 4 is 30.7 Å². The van der Waals surface area contributed by atoms with Crippen molar-refractivity contribution in [2.24, 2.45) is 5.73 Å². The number of phosphoric ester groups is 1. The van der Waals surface area contributed by atoms with Crippen LogP contribution >= 0.6 is 7.82 Å². The molecule has 1 unspecified atom stereocenters. The van der Waals surface area contributed by atoms with E-state index in [-0.39, 0.29) is 36.5 Å². The van der Waals surface area contributed by atoms with Crippen LogP contribution in [0.4, 0.5) is 0 Å². The molecular weight excluding hydrogens is 536 g/mol. The van der Waals surface area contributed by atoms with Crippen molar-refractivity contribution < 1.29 is 89.2 Å². The minimum absolute atomic E-state index is 0. The monoisotopic (exact) mass is 564 g/mol. The molecule has 3 heterocycles. The molecule has 3 aromatic rings. The van der Waals surface area contributed by atoms with Gasteiger partial charge < -0.3 is 47.1 Å². The maximum absolute atomic E-state index is 10.9. The van der Waals surface area contributed by atoms with Crippen LogP contribution < -0.4 is 39.9 Å². The molecular formula is C22H28N3NaO11P+. The van der Waals surface area contributed by atoms with Crippen molar-refractivity contribution in [3.63, 3.8) is 0 Å². The van der Waals surface area contributed by atoms with Gasteiger partial charge in [-0.3, -0.25) is 9.32 Å². The fourth-order valence-electron chi connectivity index (χ4n) is 3.69. The Morgan fingerprint density at radius 2 is 1.84 bits per heavy atom. The van der Waals surface area contributed by atoms with Crippen LogP contribution in [0.1, 0.15) is 23.6 Å². The number of nitrogens with zero attached hydrogens (tertiary/aromatic N) is 1. The van der Waals surface area contributed by atoms with Crippen LogP contribution in [0.2, 0.25) is 0 Å². The molecule has 14 nitrogen and oxygen atoms in total. The Balaban J connectivity index is 0.000000394. The van der Waals surface area contributed by atoms with Gasteiger partial charge in [0.15, 0.2) is 18.5 Å². The van der Waals surface area contributed by atoms with Crippen molar-refractivity contribution in [1.82, 2.24) is 4.98 Å². The Morgan fingerprint density at radius 3 is 2.47 bits per heavy atom. The molecule has 1 fully saturated rings. The number of nitrogens with one attached hydrogen (secondary N) is 1. The number of hydrogen-bond donors (Lipinski definition) is 8. The number of rotatable bonds is 8. The Morgan fingerprint density at radius 1 is 1.16 bits per heavy atom. The van der Waals surface area contributed by atoms with Gasteiger partial charge >= 0.3 is 49.3 Å². The fraction of sp³-hybridized carbons (Fsp3) is 0.318. The number of aromatic carboxylic acids is 1. The number of aliphatic carboxylic acids is 1. The first-order valence-electron chi connectivity index (χ1n) is 10.9. The van der Waals surface area contributed by atoms with E-state index in [1.54, 1.807) is 0 Å². The van der Waals surface area contributed by atoms with E-state index < -0.39 is 56.9 Å². The normalized spacial score (nSPS) is 21.7. The number of carbonyl (C=O) groups is 2. The van der Waals surface area contributed by atoms with Crippen molar-refractivity contribution in [3.05, 3.63) is 66.1 Å². The first-order valence-corrected chi connectivity index (χ1v) is 12.4. The summed E-state index contributed by atoms with van der Waals surface area (Å²) >= 11 is 0. The van der Waals surface area contributed by atoms with E-state index in [9.17, 15) is 24.4 Å². The topological polar surface area (TPSA) is 237 Å². The zero-order valence-electron chi connectivity index (χ0n) is 21.2. The van der Waals surface area contributed by atoms with Crippen molar-refractivity contribution in [2.75, 3.05) is 6.61 Å². The molecule has 0 radical (unpaired) electrons. The SMILES string of the molecule is NC(Cc1c[nH]c2ccccc12)C(=O)O.O=C(O)c1ccc[n+]([C@@H]2O[C@H](COP(=O)(O)O)[C@@H](O)[C@H]2O)c1.[H-].[Na+]. The van der Waals surface area contributed by atoms with Gasteiger partial charge in [-0.1, -0.05) is 18.2 Å². The largest absolute Gasteiger partial charge is 1.00 e. The zero-order valence-corrected chi connectivity index (χ0v) is 23.1.